The summed E-state index contributed by atoms with van der Waals surface area (Å²) in [5, 5.41) is 2.16. The zero-order valence-corrected chi connectivity index (χ0v) is 28.0. The normalized spacial score (nSPS) is 16.4. The predicted octanol–water partition coefficient (Wildman–Crippen LogP) is 5.52. The predicted molar refractivity (Wildman–Crippen MR) is 170 cm³/mol. The van der Waals surface area contributed by atoms with Crippen molar-refractivity contribution in [1.82, 2.24) is 18.7 Å². The Bertz CT molecular complexity index is 1760. The van der Waals surface area contributed by atoms with E-state index in [4.69, 9.17) is 21.1 Å². The van der Waals surface area contributed by atoms with Gasteiger partial charge in [-0.3, -0.25) is 4.79 Å². The number of nitrogens with zero attached hydrogens (tertiary/aromatic N) is 4. The summed E-state index contributed by atoms with van der Waals surface area (Å²) in [7, 11) is -3.82. The molecule has 1 fully saturated rings. The van der Waals surface area contributed by atoms with Crippen molar-refractivity contribution >= 4 is 50.5 Å². The maximum Gasteiger partial charge on any atom is 0.419 e. The van der Waals surface area contributed by atoms with Crippen molar-refractivity contribution in [2.75, 3.05) is 32.7 Å². The van der Waals surface area contributed by atoms with Crippen LogP contribution in [0.4, 0.5) is 9.59 Å². The van der Waals surface area contributed by atoms with Gasteiger partial charge in [0.1, 0.15) is 16.9 Å². The highest BCUT2D eigenvalue weighted by Gasteiger charge is 2.36. The number of hydrogen-bond acceptors (Lipinski definition) is 7. The molecule has 0 radical (unpaired) electrons. The third-order valence-electron chi connectivity index (χ3n) is 7.56. The van der Waals surface area contributed by atoms with Gasteiger partial charge in [0.05, 0.1) is 11.4 Å². The first-order chi connectivity index (χ1) is 20.9. The highest BCUT2D eigenvalue weighted by atomic mass is 35.5. The fraction of sp³-hybridized carbons (Fsp3) is 0.469. The summed E-state index contributed by atoms with van der Waals surface area (Å²) in [5.41, 5.74) is -0.101. The van der Waals surface area contributed by atoms with Crippen LogP contribution >= 0.6 is 11.6 Å². The molecule has 2 aliphatic rings. The fourth-order valence-corrected chi connectivity index (χ4v) is 7.13. The largest absolute Gasteiger partial charge is 0.444 e. The zero-order valence-electron chi connectivity index (χ0n) is 26.4. The quantitative estimate of drug-likeness (QED) is 0.364. The van der Waals surface area contributed by atoms with Gasteiger partial charge < -0.3 is 19.3 Å². The molecule has 0 N–H and O–H groups in total. The van der Waals surface area contributed by atoms with Gasteiger partial charge in [-0.15, -0.1) is 0 Å². The van der Waals surface area contributed by atoms with Crippen LogP contribution in [0.25, 0.3) is 10.8 Å². The Hall–Kier alpha value is -3.61. The molecule has 1 saturated heterocycles. The van der Waals surface area contributed by atoms with E-state index in [0.717, 1.165) is 10.8 Å². The average molecular weight is 659 g/mol. The molecule has 3 aromatic rings. The summed E-state index contributed by atoms with van der Waals surface area (Å²) in [6, 6.07) is 11.8. The lowest BCUT2D eigenvalue weighted by atomic mass is 10.1. The molecular formula is C32H39ClN4O7S. The number of fused-ring (bicyclic) bond motifs is 2. The fourth-order valence-electron chi connectivity index (χ4n) is 5.49. The number of sulfonamides is 1. The summed E-state index contributed by atoms with van der Waals surface area (Å²) in [6.45, 7) is 11.5. The molecule has 3 heterocycles. The minimum absolute atomic E-state index is 0.0893. The molecule has 0 spiro atoms. The second-order valence-corrected chi connectivity index (χ2v) is 15.7. The molecule has 45 heavy (non-hydrogen) atoms. The minimum atomic E-state index is -3.82. The third kappa shape index (κ3) is 7.13. The van der Waals surface area contributed by atoms with E-state index in [1.54, 1.807) is 93.8 Å². The van der Waals surface area contributed by atoms with Crippen LogP contribution in [0.15, 0.2) is 47.4 Å². The van der Waals surface area contributed by atoms with E-state index in [2.05, 4.69) is 0 Å². The molecule has 5 rings (SSSR count). The van der Waals surface area contributed by atoms with Gasteiger partial charge >= 0.3 is 12.2 Å². The first-order valence-corrected chi connectivity index (χ1v) is 16.7. The topological polar surface area (TPSA) is 118 Å². The Morgan fingerprint density at radius 2 is 1.36 bits per heavy atom. The van der Waals surface area contributed by atoms with Gasteiger partial charge in [-0.2, -0.15) is 4.31 Å². The van der Waals surface area contributed by atoms with Gasteiger partial charge in [0.25, 0.3) is 5.91 Å². The number of ether oxygens (including phenoxy) is 2. The number of hydrogen-bond donors (Lipinski definition) is 0. The van der Waals surface area contributed by atoms with Crippen molar-refractivity contribution in [2.45, 2.75) is 70.6 Å². The van der Waals surface area contributed by atoms with Gasteiger partial charge in [-0.1, -0.05) is 23.7 Å². The van der Waals surface area contributed by atoms with Crippen molar-refractivity contribution in [2.24, 2.45) is 0 Å². The Kier molecular flexibility index (Phi) is 8.71. The van der Waals surface area contributed by atoms with Crippen LogP contribution in [-0.4, -0.2) is 89.1 Å². The number of benzene rings is 2. The van der Waals surface area contributed by atoms with Gasteiger partial charge in [0.15, 0.2) is 0 Å². The number of amides is 2. The van der Waals surface area contributed by atoms with E-state index in [1.165, 1.54) is 8.87 Å². The number of aromatic nitrogens is 1. The Morgan fingerprint density at radius 1 is 0.756 bits per heavy atom. The van der Waals surface area contributed by atoms with Crippen molar-refractivity contribution in [1.29, 1.82) is 0 Å². The van der Waals surface area contributed by atoms with E-state index in [0.29, 0.717) is 29.2 Å². The van der Waals surface area contributed by atoms with Crippen LogP contribution < -0.4 is 0 Å². The van der Waals surface area contributed by atoms with Crippen LogP contribution in [0.5, 0.6) is 0 Å². The Labute approximate surface area is 268 Å². The van der Waals surface area contributed by atoms with E-state index in [9.17, 15) is 22.8 Å². The third-order valence-corrected chi connectivity index (χ3v) is 9.69. The van der Waals surface area contributed by atoms with E-state index in [-0.39, 0.29) is 43.3 Å². The van der Waals surface area contributed by atoms with Gasteiger partial charge in [-0.05, 0) is 88.2 Å². The summed E-state index contributed by atoms with van der Waals surface area (Å²) >= 11 is 6.07. The summed E-state index contributed by atoms with van der Waals surface area (Å²) in [5.74, 6) is -0.418. The van der Waals surface area contributed by atoms with Gasteiger partial charge in [0.2, 0.25) is 10.0 Å². The number of piperazine rings is 1. The summed E-state index contributed by atoms with van der Waals surface area (Å²) < 4.78 is 40.9. The maximum absolute atomic E-state index is 13.9. The molecule has 0 atom stereocenters. The number of rotatable bonds is 3. The number of carbonyl (C=O) groups excluding carboxylic acids is 3. The monoisotopic (exact) mass is 658 g/mol. The minimum Gasteiger partial charge on any atom is -0.444 e. The van der Waals surface area contributed by atoms with Gasteiger partial charge in [0, 0.05) is 49.9 Å². The Balaban J connectivity index is 1.36. The van der Waals surface area contributed by atoms with Crippen LogP contribution in [-0.2, 0) is 32.5 Å². The molecule has 0 aliphatic carbocycles. The molecular weight excluding hydrogens is 620 g/mol. The summed E-state index contributed by atoms with van der Waals surface area (Å²) in [4.78, 5) is 43.4. The lowest BCUT2D eigenvalue weighted by molar-refractivity contribution is 0.0222. The first-order valence-electron chi connectivity index (χ1n) is 14.9. The molecule has 11 nitrogen and oxygen atoms in total. The average Bonchev–Trinajstić information content (AvgIpc) is 3.34. The molecule has 0 bridgehead atoms. The van der Waals surface area contributed by atoms with Gasteiger partial charge in [-0.25, -0.2) is 22.6 Å². The van der Waals surface area contributed by atoms with Crippen LogP contribution in [0.2, 0.25) is 5.02 Å². The van der Waals surface area contributed by atoms with Crippen molar-refractivity contribution < 1.29 is 32.3 Å². The van der Waals surface area contributed by atoms with E-state index in [1.807, 2.05) is 0 Å². The van der Waals surface area contributed by atoms with E-state index < -0.39 is 39.3 Å². The molecule has 1 aromatic heterocycles. The molecule has 2 aliphatic heterocycles. The van der Waals surface area contributed by atoms with Crippen molar-refractivity contribution in [3.63, 3.8) is 0 Å². The highest BCUT2D eigenvalue weighted by Crippen LogP contribution is 2.29. The number of halogens is 1. The summed E-state index contributed by atoms with van der Waals surface area (Å²) in [6.07, 6.45) is -0.833. The molecule has 242 valence electrons. The van der Waals surface area contributed by atoms with Crippen LogP contribution in [0, 0.1) is 0 Å². The highest BCUT2D eigenvalue weighted by molar-refractivity contribution is 7.89. The zero-order chi connectivity index (χ0) is 32.9. The molecule has 0 unspecified atom stereocenters. The second-order valence-electron chi connectivity index (χ2n) is 13.3. The van der Waals surface area contributed by atoms with E-state index >= 15 is 0 Å². The van der Waals surface area contributed by atoms with Crippen LogP contribution in [0.3, 0.4) is 0 Å². The molecule has 2 aromatic carbocycles. The molecule has 0 saturated carbocycles. The molecule has 13 heteroatoms. The smallest absolute Gasteiger partial charge is 0.419 e. The SMILES string of the molecule is CC(C)(C)OC(=O)N1CCc2c(cc(C(=O)N3CCN(S(=O)(=O)c4ccc5cc(Cl)ccc5c4)CC3)n2C(=O)OC(C)(C)C)C1. The standard InChI is InChI=1S/C32H39ClN4O7S/c1-31(2,3)43-29(39)35-12-11-26-23(20-35)19-27(37(26)30(40)44-32(4,5)6)28(38)34-13-15-36(16-14-34)45(41,42)25-10-8-21-17-24(33)9-7-22(21)18-25/h7-10,17-19H,11-16,20H2,1-6H3. The van der Waals surface area contributed by atoms with Crippen molar-refractivity contribution in [3.8, 4) is 0 Å². The Morgan fingerprint density at radius 3 is 2.00 bits per heavy atom. The maximum atomic E-state index is 13.9. The lowest BCUT2D eigenvalue weighted by Gasteiger charge is -2.34. The van der Waals surface area contributed by atoms with Crippen molar-refractivity contribution in [3.05, 3.63) is 64.4 Å². The number of carbonyl (C=O) groups is 3. The second kappa shape index (κ2) is 12.0. The molecule has 2 amide bonds. The van der Waals surface area contributed by atoms with Crippen LogP contribution in [0.1, 0.15) is 63.3 Å². The first kappa shape index (κ1) is 32.8. The lowest BCUT2D eigenvalue weighted by Crippen LogP contribution is -2.51.